The molecule has 5 nitrogen and oxygen atoms in total. The highest BCUT2D eigenvalue weighted by Crippen LogP contribution is 2.33. The Bertz CT molecular complexity index is 1350. The van der Waals surface area contributed by atoms with E-state index >= 15 is 0 Å². The quantitative estimate of drug-likeness (QED) is 0.280. The molecule has 0 atom stereocenters. The van der Waals surface area contributed by atoms with Crippen molar-refractivity contribution in [3.63, 3.8) is 0 Å². The average Bonchev–Trinajstić information content (AvgIpc) is 3.14. The number of ether oxygens (including phenoxy) is 1. The predicted molar refractivity (Wildman–Crippen MR) is 125 cm³/mol. The number of carboxylic acids is 1. The Balaban J connectivity index is 1.60. The molecule has 0 aliphatic heterocycles. The van der Waals surface area contributed by atoms with Crippen LogP contribution in [0.2, 0.25) is 5.02 Å². The molecule has 0 aliphatic rings. The van der Waals surface area contributed by atoms with E-state index in [2.05, 4.69) is 5.10 Å². The third-order valence-electron chi connectivity index (χ3n) is 5.03. The summed E-state index contributed by atoms with van der Waals surface area (Å²) in [4.78, 5) is 11.6. The van der Waals surface area contributed by atoms with E-state index in [0.29, 0.717) is 27.7 Å². The van der Waals surface area contributed by atoms with Gasteiger partial charge in [0, 0.05) is 21.1 Å². The zero-order valence-electron chi connectivity index (χ0n) is 17.8. The number of hydrogen-bond acceptors (Lipinski definition) is 4. The topological polar surface area (TPSA) is 64.4 Å². The monoisotopic (exact) mass is 506 g/mol. The molecule has 10 heteroatoms. The molecule has 1 heterocycles. The van der Waals surface area contributed by atoms with Crippen LogP contribution in [0.15, 0.2) is 65.6 Å². The molecule has 0 fully saturated rings. The van der Waals surface area contributed by atoms with Gasteiger partial charge in [-0.1, -0.05) is 11.6 Å². The number of thioether (sulfide) groups is 1. The molecule has 4 rings (SSSR count). The number of fused-ring (bicyclic) bond motifs is 1. The first-order chi connectivity index (χ1) is 16.1. The van der Waals surface area contributed by atoms with Crippen molar-refractivity contribution in [1.82, 2.24) is 9.78 Å². The molecule has 1 N–H and O–H groups in total. The summed E-state index contributed by atoms with van der Waals surface area (Å²) in [5.41, 5.74) is 2.01. The summed E-state index contributed by atoms with van der Waals surface area (Å²) in [5, 5.41) is 14.8. The van der Waals surface area contributed by atoms with E-state index in [4.69, 9.17) is 21.4 Å². The number of rotatable bonds is 7. The lowest BCUT2D eigenvalue weighted by Gasteiger charge is -2.09. The normalized spacial score (nSPS) is 11.7. The van der Waals surface area contributed by atoms with Crippen LogP contribution >= 0.6 is 23.4 Å². The van der Waals surface area contributed by atoms with Crippen molar-refractivity contribution < 1.29 is 27.8 Å². The fourth-order valence-electron chi connectivity index (χ4n) is 3.41. The van der Waals surface area contributed by atoms with Crippen molar-refractivity contribution in [3.8, 4) is 11.4 Å². The van der Waals surface area contributed by atoms with E-state index < -0.39 is 24.3 Å². The summed E-state index contributed by atoms with van der Waals surface area (Å²) >= 11 is 7.70. The third-order valence-corrected chi connectivity index (χ3v) is 6.27. The number of aromatic nitrogens is 2. The lowest BCUT2D eigenvalue weighted by Crippen LogP contribution is -2.09. The maximum Gasteiger partial charge on any atom is 0.416 e. The van der Waals surface area contributed by atoms with Crippen LogP contribution in [0.1, 0.15) is 16.8 Å². The molecule has 1 aromatic heterocycles. The summed E-state index contributed by atoms with van der Waals surface area (Å²) in [6.07, 6.45) is -4.41. The van der Waals surface area contributed by atoms with Crippen LogP contribution in [0.3, 0.4) is 0 Å². The smallest absolute Gasteiger partial charge is 0.416 e. The minimum atomic E-state index is -4.41. The lowest BCUT2D eigenvalue weighted by atomic mass is 10.2. The Morgan fingerprint density at radius 3 is 2.50 bits per heavy atom. The standard InChI is InChI=1S/C24H18ClF3N2O3S/c1-14-10-18(7-9-22(14)33-12-23(31)32)34-13-20-19-8-4-16(25)11-21(19)30(29-20)17-5-2-15(3-6-17)24(26,27)28/h2-11H,12-13H2,1H3,(H,31,32). The number of carboxylic acid groups (broad SMARTS) is 1. The fraction of sp³-hybridized carbons (Fsp3) is 0.167. The molecule has 0 radical (unpaired) electrons. The zero-order chi connectivity index (χ0) is 24.5. The van der Waals surface area contributed by atoms with Crippen molar-refractivity contribution in [1.29, 1.82) is 0 Å². The van der Waals surface area contributed by atoms with Crippen LogP contribution in [0.5, 0.6) is 5.75 Å². The van der Waals surface area contributed by atoms with Crippen molar-refractivity contribution in [3.05, 3.63) is 82.5 Å². The van der Waals surface area contributed by atoms with Gasteiger partial charge in [-0.25, -0.2) is 9.48 Å². The molecule has 0 aliphatic carbocycles. The number of carbonyl (C=O) groups is 1. The van der Waals surface area contributed by atoms with Crippen molar-refractivity contribution >= 4 is 40.2 Å². The predicted octanol–water partition coefficient (Wildman–Crippen LogP) is 6.76. The zero-order valence-corrected chi connectivity index (χ0v) is 19.3. The van der Waals surface area contributed by atoms with Crippen molar-refractivity contribution in [2.75, 3.05) is 6.61 Å². The number of alkyl halides is 3. The van der Waals surface area contributed by atoms with Gasteiger partial charge in [0.1, 0.15) is 5.75 Å². The van der Waals surface area contributed by atoms with Crippen LogP contribution in [0, 0.1) is 6.92 Å². The van der Waals surface area contributed by atoms with E-state index in [1.807, 2.05) is 25.1 Å². The number of benzene rings is 3. The largest absolute Gasteiger partial charge is 0.482 e. The Morgan fingerprint density at radius 1 is 1.12 bits per heavy atom. The van der Waals surface area contributed by atoms with Gasteiger partial charge in [0.05, 0.1) is 22.5 Å². The first-order valence-corrected chi connectivity index (χ1v) is 11.4. The molecule has 4 aromatic rings. The molecular weight excluding hydrogens is 489 g/mol. The number of aliphatic carboxylic acids is 1. The van der Waals surface area contributed by atoms with Crippen molar-refractivity contribution in [2.45, 2.75) is 23.7 Å². The number of halogens is 4. The van der Waals surface area contributed by atoms with E-state index in [0.717, 1.165) is 33.7 Å². The summed E-state index contributed by atoms with van der Waals surface area (Å²) in [7, 11) is 0. The molecular formula is C24H18ClF3N2O3S. The summed E-state index contributed by atoms with van der Waals surface area (Å²) in [6.45, 7) is 1.42. The van der Waals surface area contributed by atoms with Crippen LogP contribution < -0.4 is 4.74 Å². The van der Waals surface area contributed by atoms with Gasteiger partial charge in [-0.15, -0.1) is 11.8 Å². The molecule has 0 bridgehead atoms. The summed E-state index contributed by atoms with van der Waals surface area (Å²) in [6, 6.07) is 15.6. The van der Waals surface area contributed by atoms with Crippen LogP contribution in [0.4, 0.5) is 13.2 Å². The fourth-order valence-corrected chi connectivity index (χ4v) is 4.52. The van der Waals surface area contributed by atoms with Crippen LogP contribution in [-0.2, 0) is 16.7 Å². The number of hydrogen-bond donors (Lipinski definition) is 1. The summed E-state index contributed by atoms with van der Waals surface area (Å²) in [5.74, 6) is -0.0486. The van der Waals surface area contributed by atoms with Crippen LogP contribution in [-0.4, -0.2) is 27.5 Å². The minimum absolute atomic E-state index is 0.413. The Kier molecular flexibility index (Phi) is 6.77. The first-order valence-electron chi connectivity index (χ1n) is 10.0. The highest BCUT2D eigenvalue weighted by atomic mass is 35.5. The van der Waals surface area contributed by atoms with Gasteiger partial charge >= 0.3 is 12.1 Å². The highest BCUT2D eigenvalue weighted by molar-refractivity contribution is 7.98. The number of nitrogens with zero attached hydrogens (tertiary/aromatic N) is 2. The van der Waals surface area contributed by atoms with Gasteiger partial charge in [-0.05, 0) is 73.2 Å². The molecule has 0 saturated carbocycles. The second-order valence-corrected chi connectivity index (χ2v) is 8.95. The molecule has 176 valence electrons. The second kappa shape index (κ2) is 9.60. The van der Waals surface area contributed by atoms with Gasteiger partial charge in [-0.3, -0.25) is 0 Å². The van der Waals surface area contributed by atoms with E-state index in [1.165, 1.54) is 23.9 Å². The first kappa shape index (κ1) is 24.0. The van der Waals surface area contributed by atoms with Crippen molar-refractivity contribution in [2.24, 2.45) is 0 Å². The summed E-state index contributed by atoms with van der Waals surface area (Å²) < 4.78 is 45.7. The SMILES string of the molecule is Cc1cc(SCc2nn(-c3ccc(C(F)(F)F)cc3)c3cc(Cl)ccc23)ccc1OCC(=O)O. The second-order valence-electron chi connectivity index (χ2n) is 7.46. The maximum absolute atomic E-state index is 12.9. The lowest BCUT2D eigenvalue weighted by molar-refractivity contribution is -0.139. The van der Waals surface area contributed by atoms with Crippen LogP contribution in [0.25, 0.3) is 16.6 Å². The van der Waals surface area contributed by atoms with E-state index in [-0.39, 0.29) is 0 Å². The average molecular weight is 507 g/mol. The molecule has 0 saturated heterocycles. The molecule has 3 aromatic carbocycles. The molecule has 34 heavy (non-hydrogen) atoms. The van der Waals surface area contributed by atoms with Gasteiger partial charge in [0.2, 0.25) is 0 Å². The van der Waals surface area contributed by atoms with Gasteiger partial charge < -0.3 is 9.84 Å². The highest BCUT2D eigenvalue weighted by Gasteiger charge is 2.30. The Morgan fingerprint density at radius 2 is 1.85 bits per heavy atom. The van der Waals surface area contributed by atoms with E-state index in [9.17, 15) is 18.0 Å². The molecule has 0 spiro atoms. The van der Waals surface area contributed by atoms with Gasteiger partial charge in [0.25, 0.3) is 0 Å². The van der Waals surface area contributed by atoms with Gasteiger partial charge in [-0.2, -0.15) is 18.3 Å². The third kappa shape index (κ3) is 5.31. The number of aryl methyl sites for hydroxylation is 1. The maximum atomic E-state index is 12.9. The molecule has 0 unspecified atom stereocenters. The minimum Gasteiger partial charge on any atom is -0.482 e. The Labute approximate surface area is 202 Å². The van der Waals surface area contributed by atoms with Gasteiger partial charge in [0.15, 0.2) is 6.61 Å². The molecule has 0 amide bonds. The Hall–Kier alpha value is -3.17. The van der Waals surface area contributed by atoms with E-state index in [1.54, 1.807) is 22.9 Å².